The largest absolute Gasteiger partial charge is 0.478 e. The fourth-order valence-electron chi connectivity index (χ4n) is 1.63. The maximum atomic E-state index is 11.8. The molecule has 5 nitrogen and oxygen atoms in total. The summed E-state index contributed by atoms with van der Waals surface area (Å²) in [6.07, 6.45) is 5.73. The van der Waals surface area contributed by atoms with Gasteiger partial charge in [0.15, 0.2) is 0 Å². The van der Waals surface area contributed by atoms with Gasteiger partial charge in [-0.15, -0.1) is 0 Å². The second-order valence-corrected chi connectivity index (χ2v) is 4.38. The van der Waals surface area contributed by atoms with Gasteiger partial charge < -0.3 is 14.9 Å². The van der Waals surface area contributed by atoms with Crippen molar-refractivity contribution in [2.45, 2.75) is 0 Å². The van der Waals surface area contributed by atoms with Gasteiger partial charge in [0.25, 0.3) is 0 Å². The Kier molecular flexibility index (Phi) is 7.36. The van der Waals surface area contributed by atoms with E-state index in [2.05, 4.69) is 6.58 Å². The van der Waals surface area contributed by atoms with Gasteiger partial charge in [0.05, 0.1) is 6.61 Å². The molecule has 0 saturated carbocycles. The predicted octanol–water partition coefficient (Wildman–Crippen LogP) is 2.05. The molecule has 1 aromatic rings. The minimum absolute atomic E-state index is 0.0955. The maximum Gasteiger partial charge on any atom is 0.334 e. The molecule has 0 fully saturated rings. The molecule has 0 saturated heterocycles. The molecule has 116 valence electrons. The summed E-state index contributed by atoms with van der Waals surface area (Å²) in [5, 5.41) is 17.4. The highest BCUT2D eigenvalue weighted by Crippen LogP contribution is 2.16. The number of aliphatic carboxylic acids is 1. The Morgan fingerprint density at radius 3 is 2.50 bits per heavy atom. The molecule has 0 heterocycles. The number of rotatable bonds is 8. The van der Waals surface area contributed by atoms with Crippen LogP contribution in [-0.4, -0.2) is 35.4 Å². The van der Waals surface area contributed by atoms with Crippen LogP contribution in [0.1, 0.15) is 5.56 Å². The monoisotopic (exact) mass is 302 g/mol. The molecule has 0 bridgehead atoms. The molecule has 0 amide bonds. The van der Waals surface area contributed by atoms with Crippen LogP contribution >= 0.6 is 0 Å². The van der Waals surface area contributed by atoms with Gasteiger partial charge in [0, 0.05) is 17.6 Å². The van der Waals surface area contributed by atoms with Crippen LogP contribution in [0.3, 0.4) is 0 Å². The van der Waals surface area contributed by atoms with Crippen molar-refractivity contribution in [1.82, 2.24) is 0 Å². The molecule has 0 aliphatic rings. The van der Waals surface area contributed by atoms with Crippen molar-refractivity contribution in [1.29, 1.82) is 0 Å². The second-order valence-electron chi connectivity index (χ2n) is 4.38. The number of aliphatic hydroxyl groups excluding tert-OH is 1. The minimum atomic E-state index is -1.12. The molecule has 2 N–H and O–H groups in total. The molecule has 22 heavy (non-hydrogen) atoms. The summed E-state index contributed by atoms with van der Waals surface area (Å²) in [7, 11) is 0. The van der Waals surface area contributed by atoms with Crippen LogP contribution in [0.2, 0.25) is 0 Å². The quantitative estimate of drug-likeness (QED) is 0.567. The van der Waals surface area contributed by atoms with Gasteiger partial charge in [0.1, 0.15) is 6.61 Å². The van der Waals surface area contributed by atoms with Gasteiger partial charge >= 0.3 is 11.9 Å². The first-order valence-electron chi connectivity index (χ1n) is 6.65. The average molecular weight is 302 g/mol. The Hall–Kier alpha value is -2.66. The van der Waals surface area contributed by atoms with E-state index in [1.165, 1.54) is 6.08 Å². The molecule has 1 aromatic carbocycles. The number of carbonyl (C=O) groups excluding carboxylic acids is 1. The standard InChI is InChI=1S/C17H18O5/c1-13(17(21)22-12-11-18)15(9-10-16(19)20)8-7-14-5-3-2-4-6-14/h2-10,15,18H,1,11-12H2,(H,19,20). The van der Waals surface area contributed by atoms with Gasteiger partial charge in [-0.3, -0.25) is 0 Å². The number of allylic oxidation sites excluding steroid dienone is 2. The number of aliphatic hydroxyl groups is 1. The molecule has 5 heteroatoms. The molecular formula is C17H18O5. The smallest absolute Gasteiger partial charge is 0.334 e. The van der Waals surface area contributed by atoms with Crippen molar-refractivity contribution in [3.8, 4) is 0 Å². The Morgan fingerprint density at radius 1 is 1.23 bits per heavy atom. The third-order valence-electron chi connectivity index (χ3n) is 2.73. The van der Waals surface area contributed by atoms with Crippen LogP contribution in [0.25, 0.3) is 6.08 Å². The van der Waals surface area contributed by atoms with Gasteiger partial charge in [-0.2, -0.15) is 0 Å². The maximum absolute atomic E-state index is 11.8. The van der Waals surface area contributed by atoms with Gasteiger partial charge in [0.2, 0.25) is 0 Å². The molecule has 0 radical (unpaired) electrons. The van der Waals surface area contributed by atoms with E-state index in [1.54, 1.807) is 12.2 Å². The first-order chi connectivity index (χ1) is 10.5. The Balaban J connectivity index is 2.88. The third kappa shape index (κ3) is 6.19. The number of ether oxygens (including phenoxy) is 1. The molecule has 0 aliphatic carbocycles. The highest BCUT2D eigenvalue weighted by Gasteiger charge is 2.16. The van der Waals surface area contributed by atoms with Crippen molar-refractivity contribution in [2.24, 2.45) is 5.92 Å². The molecule has 1 atom stereocenters. The zero-order valence-corrected chi connectivity index (χ0v) is 12.0. The van der Waals surface area contributed by atoms with Crippen molar-refractivity contribution < 1.29 is 24.5 Å². The summed E-state index contributed by atoms with van der Waals surface area (Å²) in [6.45, 7) is 3.23. The van der Waals surface area contributed by atoms with Crippen LogP contribution in [0.5, 0.6) is 0 Å². The summed E-state index contributed by atoms with van der Waals surface area (Å²) < 4.78 is 4.79. The Labute approximate surface area is 128 Å². The summed E-state index contributed by atoms with van der Waals surface area (Å²) in [5.74, 6) is -2.40. The van der Waals surface area contributed by atoms with Crippen LogP contribution in [0.4, 0.5) is 0 Å². The molecular weight excluding hydrogens is 284 g/mol. The summed E-state index contributed by atoms with van der Waals surface area (Å²) in [4.78, 5) is 22.4. The fraction of sp³-hybridized carbons (Fsp3) is 0.176. The highest BCUT2D eigenvalue weighted by molar-refractivity contribution is 5.90. The molecule has 1 unspecified atom stereocenters. The van der Waals surface area contributed by atoms with Gasteiger partial charge in [-0.1, -0.05) is 55.1 Å². The van der Waals surface area contributed by atoms with E-state index in [9.17, 15) is 9.59 Å². The zero-order chi connectivity index (χ0) is 16.4. The van der Waals surface area contributed by atoms with Crippen molar-refractivity contribution in [2.75, 3.05) is 13.2 Å². The normalized spacial score (nSPS) is 12.4. The number of hydrogen-bond acceptors (Lipinski definition) is 4. The lowest BCUT2D eigenvalue weighted by molar-refractivity contribution is -0.140. The van der Waals surface area contributed by atoms with Crippen molar-refractivity contribution >= 4 is 18.0 Å². The Bertz CT molecular complexity index is 572. The molecule has 0 spiro atoms. The number of carboxylic acid groups (broad SMARTS) is 1. The first-order valence-corrected chi connectivity index (χ1v) is 6.65. The highest BCUT2D eigenvalue weighted by atomic mass is 16.5. The van der Waals surface area contributed by atoms with E-state index in [0.29, 0.717) is 0 Å². The lowest BCUT2D eigenvalue weighted by Crippen LogP contribution is -2.15. The molecule has 0 aromatic heterocycles. The van der Waals surface area contributed by atoms with E-state index < -0.39 is 17.9 Å². The summed E-state index contributed by atoms with van der Waals surface area (Å²) in [5.41, 5.74) is 1.01. The van der Waals surface area contributed by atoms with E-state index in [1.807, 2.05) is 30.3 Å². The molecule has 1 rings (SSSR count). The lowest BCUT2D eigenvalue weighted by atomic mass is 9.98. The first kappa shape index (κ1) is 17.4. The summed E-state index contributed by atoms with van der Waals surface area (Å²) in [6, 6.07) is 9.37. The second kappa shape index (κ2) is 9.31. The number of carboxylic acids is 1. The van der Waals surface area contributed by atoms with Crippen LogP contribution in [0, 0.1) is 5.92 Å². The number of esters is 1. The number of carbonyl (C=O) groups is 2. The van der Waals surface area contributed by atoms with Crippen molar-refractivity contribution in [3.05, 3.63) is 66.3 Å². The van der Waals surface area contributed by atoms with E-state index in [4.69, 9.17) is 14.9 Å². The van der Waals surface area contributed by atoms with Crippen LogP contribution in [-0.2, 0) is 14.3 Å². The third-order valence-corrected chi connectivity index (χ3v) is 2.73. The van der Waals surface area contributed by atoms with Gasteiger partial charge in [-0.05, 0) is 5.56 Å². The predicted molar refractivity (Wildman–Crippen MR) is 82.9 cm³/mol. The van der Waals surface area contributed by atoms with Crippen LogP contribution in [0.15, 0.2) is 60.7 Å². The number of benzene rings is 1. The molecule has 0 aliphatic heterocycles. The topological polar surface area (TPSA) is 83.8 Å². The number of hydrogen-bond donors (Lipinski definition) is 2. The lowest BCUT2D eigenvalue weighted by Gasteiger charge is -2.11. The van der Waals surface area contributed by atoms with E-state index >= 15 is 0 Å². The van der Waals surface area contributed by atoms with Crippen molar-refractivity contribution in [3.63, 3.8) is 0 Å². The zero-order valence-electron chi connectivity index (χ0n) is 12.0. The fourth-order valence-corrected chi connectivity index (χ4v) is 1.63. The van der Waals surface area contributed by atoms with Crippen LogP contribution < -0.4 is 0 Å². The van der Waals surface area contributed by atoms with Gasteiger partial charge in [-0.25, -0.2) is 9.59 Å². The Morgan fingerprint density at radius 2 is 1.91 bits per heavy atom. The summed E-state index contributed by atoms with van der Waals surface area (Å²) >= 11 is 0. The van der Waals surface area contributed by atoms with E-state index in [-0.39, 0.29) is 18.8 Å². The minimum Gasteiger partial charge on any atom is -0.478 e. The average Bonchev–Trinajstić information content (AvgIpc) is 2.52. The SMILES string of the molecule is C=C(C(=O)OCCO)C(C=CC(=O)O)C=Cc1ccccc1. The van der Waals surface area contributed by atoms with E-state index in [0.717, 1.165) is 11.6 Å².